The lowest BCUT2D eigenvalue weighted by molar-refractivity contribution is -0.132. The van der Waals surface area contributed by atoms with Crippen LogP contribution in [0.15, 0.2) is 0 Å². The number of nitrogens with zero attached hydrogens (tertiary/aromatic N) is 2. The van der Waals surface area contributed by atoms with Crippen molar-refractivity contribution >= 4 is 5.91 Å². The maximum atomic E-state index is 12.3. The van der Waals surface area contributed by atoms with Crippen molar-refractivity contribution in [3.05, 3.63) is 0 Å². The van der Waals surface area contributed by atoms with Crippen LogP contribution in [0.25, 0.3) is 0 Å². The molecule has 2 unspecified atom stereocenters. The zero-order valence-electron chi connectivity index (χ0n) is 14.0. The molecular formula is C16H33N3O. The summed E-state index contributed by atoms with van der Waals surface area (Å²) in [6.45, 7) is 15.7. The molecule has 1 N–H and O–H groups in total. The van der Waals surface area contributed by atoms with E-state index in [0.29, 0.717) is 12.0 Å². The zero-order valence-corrected chi connectivity index (χ0v) is 14.0. The third-order valence-corrected chi connectivity index (χ3v) is 4.74. The van der Waals surface area contributed by atoms with Crippen molar-refractivity contribution in [3.63, 3.8) is 0 Å². The van der Waals surface area contributed by atoms with Gasteiger partial charge in [0.05, 0.1) is 6.04 Å². The molecule has 0 bridgehead atoms. The van der Waals surface area contributed by atoms with Gasteiger partial charge in [0.15, 0.2) is 0 Å². The third kappa shape index (κ3) is 4.74. The molecule has 20 heavy (non-hydrogen) atoms. The number of nitrogens with one attached hydrogen (secondary N) is 1. The van der Waals surface area contributed by atoms with Gasteiger partial charge in [-0.25, -0.2) is 0 Å². The van der Waals surface area contributed by atoms with Crippen LogP contribution in [0, 0.1) is 5.92 Å². The minimum absolute atomic E-state index is 0.0749. The van der Waals surface area contributed by atoms with E-state index in [-0.39, 0.29) is 11.9 Å². The second kappa shape index (κ2) is 8.63. The van der Waals surface area contributed by atoms with Crippen LogP contribution in [0.5, 0.6) is 0 Å². The SMILES string of the molecule is CCN1CCC(C(C)NC(C)C(=O)N(CC)CC)CC1. The molecular weight excluding hydrogens is 250 g/mol. The van der Waals surface area contributed by atoms with Crippen LogP contribution >= 0.6 is 0 Å². The molecule has 1 saturated heterocycles. The summed E-state index contributed by atoms with van der Waals surface area (Å²) in [5, 5.41) is 3.52. The predicted octanol–water partition coefficient (Wildman–Crippen LogP) is 1.95. The van der Waals surface area contributed by atoms with E-state index in [1.165, 1.54) is 25.9 Å². The summed E-state index contributed by atoms with van der Waals surface area (Å²) in [7, 11) is 0. The second-order valence-corrected chi connectivity index (χ2v) is 5.96. The smallest absolute Gasteiger partial charge is 0.239 e. The van der Waals surface area contributed by atoms with Gasteiger partial charge in [0, 0.05) is 19.1 Å². The van der Waals surface area contributed by atoms with Gasteiger partial charge >= 0.3 is 0 Å². The van der Waals surface area contributed by atoms with Crippen molar-refractivity contribution in [2.75, 3.05) is 32.7 Å². The maximum absolute atomic E-state index is 12.3. The molecule has 0 aliphatic carbocycles. The van der Waals surface area contributed by atoms with E-state index in [2.05, 4.69) is 24.1 Å². The molecule has 0 aromatic heterocycles. The molecule has 1 fully saturated rings. The Morgan fingerprint density at radius 2 is 1.75 bits per heavy atom. The Bertz CT molecular complexity index is 283. The van der Waals surface area contributed by atoms with E-state index < -0.39 is 0 Å². The lowest BCUT2D eigenvalue weighted by Gasteiger charge is -2.36. The summed E-state index contributed by atoms with van der Waals surface area (Å²) >= 11 is 0. The average Bonchev–Trinajstić information content (AvgIpc) is 2.48. The molecule has 1 aliphatic heterocycles. The Kier molecular flexibility index (Phi) is 7.52. The first-order valence-corrected chi connectivity index (χ1v) is 8.30. The van der Waals surface area contributed by atoms with Crippen LogP contribution in [0.4, 0.5) is 0 Å². The number of likely N-dealkylation sites (N-methyl/N-ethyl adjacent to an activating group) is 1. The van der Waals surface area contributed by atoms with Crippen LogP contribution in [0.1, 0.15) is 47.5 Å². The lowest BCUT2D eigenvalue weighted by Crippen LogP contribution is -2.50. The van der Waals surface area contributed by atoms with Crippen molar-refractivity contribution in [2.24, 2.45) is 5.92 Å². The van der Waals surface area contributed by atoms with Gasteiger partial charge in [-0.15, -0.1) is 0 Å². The van der Waals surface area contributed by atoms with Gasteiger partial charge in [0.1, 0.15) is 0 Å². The van der Waals surface area contributed by atoms with Crippen LogP contribution in [0.2, 0.25) is 0 Å². The van der Waals surface area contributed by atoms with E-state index in [1.807, 2.05) is 25.7 Å². The third-order valence-electron chi connectivity index (χ3n) is 4.74. The molecule has 1 rings (SSSR count). The fraction of sp³-hybridized carbons (Fsp3) is 0.938. The van der Waals surface area contributed by atoms with Crippen molar-refractivity contribution < 1.29 is 4.79 Å². The average molecular weight is 283 g/mol. The van der Waals surface area contributed by atoms with Gasteiger partial charge in [0.25, 0.3) is 0 Å². The Balaban J connectivity index is 2.41. The summed E-state index contributed by atoms with van der Waals surface area (Å²) in [6, 6.07) is 0.345. The zero-order chi connectivity index (χ0) is 15.1. The molecule has 0 aromatic rings. The first kappa shape index (κ1) is 17.4. The molecule has 1 aliphatic rings. The Morgan fingerprint density at radius 1 is 1.20 bits per heavy atom. The highest BCUT2D eigenvalue weighted by Crippen LogP contribution is 2.20. The summed E-state index contributed by atoms with van der Waals surface area (Å²) < 4.78 is 0. The second-order valence-electron chi connectivity index (χ2n) is 5.96. The number of carbonyl (C=O) groups is 1. The topological polar surface area (TPSA) is 35.6 Å². The van der Waals surface area contributed by atoms with E-state index in [9.17, 15) is 4.79 Å². The molecule has 118 valence electrons. The highest BCUT2D eigenvalue weighted by atomic mass is 16.2. The first-order valence-electron chi connectivity index (χ1n) is 8.30. The van der Waals surface area contributed by atoms with Crippen molar-refractivity contribution in [1.29, 1.82) is 0 Å². The standard InChI is InChI=1S/C16H33N3O/c1-6-18-11-9-15(10-12-18)13(4)17-14(5)16(20)19(7-2)8-3/h13-15,17H,6-12H2,1-5H3. The quantitative estimate of drug-likeness (QED) is 0.776. The molecule has 1 heterocycles. The Morgan fingerprint density at radius 3 is 2.20 bits per heavy atom. The Labute approximate surface area is 124 Å². The highest BCUT2D eigenvalue weighted by molar-refractivity contribution is 5.81. The number of carbonyl (C=O) groups excluding carboxylic acids is 1. The Hall–Kier alpha value is -0.610. The molecule has 4 nitrogen and oxygen atoms in total. The summed E-state index contributed by atoms with van der Waals surface area (Å²) in [5.74, 6) is 0.928. The van der Waals surface area contributed by atoms with E-state index >= 15 is 0 Å². The summed E-state index contributed by atoms with van der Waals surface area (Å²) in [4.78, 5) is 16.7. The van der Waals surface area contributed by atoms with E-state index in [1.54, 1.807) is 0 Å². The number of piperidine rings is 1. The predicted molar refractivity (Wildman–Crippen MR) is 84.8 cm³/mol. The summed E-state index contributed by atoms with van der Waals surface area (Å²) in [5.41, 5.74) is 0. The first-order chi connectivity index (χ1) is 9.53. The monoisotopic (exact) mass is 283 g/mol. The van der Waals surface area contributed by atoms with Gasteiger partial charge in [-0.05, 0) is 66.1 Å². The maximum Gasteiger partial charge on any atom is 0.239 e. The number of amides is 1. The summed E-state index contributed by atoms with van der Waals surface area (Å²) in [6.07, 6.45) is 2.49. The minimum Gasteiger partial charge on any atom is -0.342 e. The highest BCUT2D eigenvalue weighted by Gasteiger charge is 2.26. The normalized spacial score (nSPS) is 20.6. The number of likely N-dealkylation sites (tertiary alicyclic amines) is 1. The molecule has 0 spiro atoms. The number of hydrogen-bond acceptors (Lipinski definition) is 3. The van der Waals surface area contributed by atoms with Gasteiger partial charge in [-0.1, -0.05) is 6.92 Å². The molecule has 0 aromatic carbocycles. The molecule has 2 atom stereocenters. The van der Waals surface area contributed by atoms with Gasteiger partial charge in [0.2, 0.25) is 5.91 Å². The van der Waals surface area contributed by atoms with Crippen molar-refractivity contribution in [1.82, 2.24) is 15.1 Å². The molecule has 0 saturated carbocycles. The molecule has 0 radical (unpaired) electrons. The van der Waals surface area contributed by atoms with Gasteiger partial charge < -0.3 is 15.1 Å². The lowest BCUT2D eigenvalue weighted by atomic mass is 9.90. The van der Waals surface area contributed by atoms with Gasteiger partial charge in [-0.2, -0.15) is 0 Å². The molecule has 4 heteroatoms. The largest absolute Gasteiger partial charge is 0.342 e. The van der Waals surface area contributed by atoms with E-state index in [4.69, 9.17) is 0 Å². The van der Waals surface area contributed by atoms with Crippen LogP contribution in [0.3, 0.4) is 0 Å². The molecule has 1 amide bonds. The van der Waals surface area contributed by atoms with Crippen LogP contribution < -0.4 is 5.32 Å². The minimum atomic E-state index is -0.0749. The van der Waals surface area contributed by atoms with Gasteiger partial charge in [-0.3, -0.25) is 4.79 Å². The van der Waals surface area contributed by atoms with Crippen molar-refractivity contribution in [3.8, 4) is 0 Å². The fourth-order valence-corrected chi connectivity index (χ4v) is 3.18. The fourth-order valence-electron chi connectivity index (χ4n) is 3.18. The van der Waals surface area contributed by atoms with Crippen LogP contribution in [-0.2, 0) is 4.79 Å². The van der Waals surface area contributed by atoms with Crippen molar-refractivity contribution in [2.45, 2.75) is 59.5 Å². The van der Waals surface area contributed by atoms with Crippen LogP contribution in [-0.4, -0.2) is 60.5 Å². The number of rotatable bonds is 7. The van der Waals surface area contributed by atoms with E-state index in [0.717, 1.165) is 19.6 Å². The number of hydrogen-bond donors (Lipinski definition) is 1.